The van der Waals surface area contributed by atoms with Crippen molar-refractivity contribution in [3.63, 3.8) is 0 Å². The largest absolute Gasteiger partial charge is 0.381 e. The average molecular weight is 278 g/mol. The van der Waals surface area contributed by atoms with Crippen LogP contribution in [0, 0.1) is 5.92 Å². The maximum atomic E-state index is 11.7. The molecule has 18 heavy (non-hydrogen) atoms. The molecule has 0 aromatic heterocycles. The van der Waals surface area contributed by atoms with Crippen molar-refractivity contribution in [1.29, 1.82) is 0 Å². The molecule has 0 radical (unpaired) electrons. The molecule has 2 aliphatic heterocycles. The van der Waals surface area contributed by atoms with Gasteiger partial charge in [-0.05, 0) is 19.4 Å². The molecule has 2 rings (SSSR count). The summed E-state index contributed by atoms with van der Waals surface area (Å²) in [5, 5.41) is 2.91. The Hall–Kier alpha value is -0.360. The lowest BCUT2D eigenvalue weighted by Crippen LogP contribution is -2.51. The molecular weight excluding hydrogens is 254 g/mol. The van der Waals surface area contributed by atoms with Gasteiger partial charge in [-0.3, -0.25) is 9.69 Å². The number of nitrogens with zero attached hydrogens (tertiary/aromatic N) is 2. The highest BCUT2D eigenvalue weighted by atomic mass is 35.5. The fourth-order valence-electron chi connectivity index (χ4n) is 2.54. The monoisotopic (exact) mass is 277 g/mol. The first-order valence-corrected chi connectivity index (χ1v) is 6.52. The van der Waals surface area contributed by atoms with Crippen LogP contribution in [0.4, 0.5) is 0 Å². The quantitative estimate of drug-likeness (QED) is 0.774. The van der Waals surface area contributed by atoms with E-state index in [0.29, 0.717) is 12.5 Å². The van der Waals surface area contributed by atoms with Crippen molar-refractivity contribution in [3.05, 3.63) is 0 Å². The van der Waals surface area contributed by atoms with Crippen LogP contribution < -0.4 is 5.32 Å². The summed E-state index contributed by atoms with van der Waals surface area (Å²) in [6.07, 6.45) is 1.19. The van der Waals surface area contributed by atoms with Crippen LogP contribution in [-0.2, 0) is 9.53 Å². The standard InChI is InChI=1S/C12H23N3O2.ClH/c1-13-8-12(16)15-5-3-14(4-6-15)9-11-2-7-17-10-11;/h11,13H,2-10H2,1H3;1H. The lowest BCUT2D eigenvalue weighted by atomic mass is 10.1. The number of rotatable bonds is 4. The van der Waals surface area contributed by atoms with Gasteiger partial charge in [0.15, 0.2) is 0 Å². The zero-order chi connectivity index (χ0) is 12.1. The average Bonchev–Trinajstić information content (AvgIpc) is 2.83. The summed E-state index contributed by atoms with van der Waals surface area (Å²) in [6.45, 7) is 7.18. The predicted octanol–water partition coefficient (Wildman–Crippen LogP) is -0.192. The van der Waals surface area contributed by atoms with Gasteiger partial charge >= 0.3 is 0 Å². The molecule has 1 N–H and O–H groups in total. The Morgan fingerprint density at radius 2 is 2.06 bits per heavy atom. The fourth-order valence-corrected chi connectivity index (χ4v) is 2.54. The molecular formula is C12H24ClN3O2. The summed E-state index contributed by atoms with van der Waals surface area (Å²) >= 11 is 0. The van der Waals surface area contributed by atoms with E-state index in [4.69, 9.17) is 4.74 Å². The maximum absolute atomic E-state index is 11.7. The van der Waals surface area contributed by atoms with Crippen molar-refractivity contribution in [2.24, 2.45) is 5.92 Å². The van der Waals surface area contributed by atoms with Gasteiger partial charge in [-0.25, -0.2) is 0 Å². The van der Waals surface area contributed by atoms with Crippen LogP contribution >= 0.6 is 12.4 Å². The van der Waals surface area contributed by atoms with Gasteiger partial charge in [-0.15, -0.1) is 12.4 Å². The summed E-state index contributed by atoms with van der Waals surface area (Å²) in [4.78, 5) is 16.1. The zero-order valence-electron chi connectivity index (χ0n) is 11.1. The minimum Gasteiger partial charge on any atom is -0.381 e. The van der Waals surface area contributed by atoms with Gasteiger partial charge in [0.2, 0.25) is 5.91 Å². The number of nitrogens with one attached hydrogen (secondary N) is 1. The van der Waals surface area contributed by atoms with Crippen molar-refractivity contribution in [2.45, 2.75) is 6.42 Å². The molecule has 1 unspecified atom stereocenters. The molecule has 2 fully saturated rings. The first kappa shape index (κ1) is 15.7. The number of carbonyl (C=O) groups is 1. The second-order valence-electron chi connectivity index (χ2n) is 4.94. The van der Waals surface area contributed by atoms with Gasteiger partial charge in [-0.1, -0.05) is 0 Å². The topological polar surface area (TPSA) is 44.8 Å². The Labute approximate surface area is 115 Å². The van der Waals surface area contributed by atoms with E-state index in [0.717, 1.165) is 45.9 Å². The molecule has 2 saturated heterocycles. The van der Waals surface area contributed by atoms with Gasteiger partial charge in [0.1, 0.15) is 0 Å². The third-order valence-corrected chi connectivity index (χ3v) is 3.59. The highest BCUT2D eigenvalue weighted by Gasteiger charge is 2.24. The van der Waals surface area contributed by atoms with Crippen LogP contribution in [0.25, 0.3) is 0 Å². The van der Waals surface area contributed by atoms with Gasteiger partial charge in [0.25, 0.3) is 0 Å². The first-order chi connectivity index (χ1) is 8.29. The van der Waals surface area contributed by atoms with E-state index in [1.54, 1.807) is 0 Å². The summed E-state index contributed by atoms with van der Waals surface area (Å²) < 4.78 is 5.39. The van der Waals surface area contributed by atoms with Crippen molar-refractivity contribution in [1.82, 2.24) is 15.1 Å². The van der Waals surface area contributed by atoms with Gasteiger partial charge in [0.05, 0.1) is 13.2 Å². The van der Waals surface area contributed by atoms with E-state index >= 15 is 0 Å². The van der Waals surface area contributed by atoms with Crippen molar-refractivity contribution >= 4 is 18.3 Å². The van der Waals surface area contributed by atoms with Gasteiger partial charge in [0, 0.05) is 39.3 Å². The smallest absolute Gasteiger partial charge is 0.236 e. The molecule has 0 aliphatic carbocycles. The van der Waals surface area contributed by atoms with E-state index < -0.39 is 0 Å². The molecule has 2 aliphatic rings. The Kier molecular flexibility index (Phi) is 6.92. The lowest BCUT2D eigenvalue weighted by Gasteiger charge is -2.35. The molecule has 1 atom stereocenters. The number of halogens is 1. The molecule has 1 amide bonds. The number of carbonyl (C=O) groups excluding carboxylic acids is 1. The Bertz CT molecular complexity index is 252. The number of piperazine rings is 1. The third kappa shape index (κ3) is 4.39. The number of amides is 1. The fraction of sp³-hybridized carbons (Fsp3) is 0.917. The number of hydrogen-bond acceptors (Lipinski definition) is 4. The van der Waals surface area contributed by atoms with E-state index in [1.165, 1.54) is 6.42 Å². The molecule has 0 aromatic rings. The molecule has 0 aromatic carbocycles. The summed E-state index contributed by atoms with van der Waals surface area (Å²) in [7, 11) is 1.81. The van der Waals surface area contributed by atoms with Crippen LogP contribution in [0.15, 0.2) is 0 Å². The van der Waals surface area contributed by atoms with Crippen molar-refractivity contribution < 1.29 is 9.53 Å². The molecule has 0 spiro atoms. The number of hydrogen-bond donors (Lipinski definition) is 1. The number of ether oxygens (including phenoxy) is 1. The number of likely N-dealkylation sites (N-methyl/N-ethyl adjacent to an activating group) is 1. The Morgan fingerprint density at radius 3 is 2.61 bits per heavy atom. The van der Waals surface area contributed by atoms with Crippen molar-refractivity contribution in [3.8, 4) is 0 Å². The van der Waals surface area contributed by atoms with Crippen LogP contribution in [-0.4, -0.2) is 75.2 Å². The van der Waals surface area contributed by atoms with E-state index in [9.17, 15) is 4.79 Å². The van der Waals surface area contributed by atoms with E-state index in [1.807, 2.05) is 11.9 Å². The minimum absolute atomic E-state index is 0. The molecule has 106 valence electrons. The SMILES string of the molecule is CNCC(=O)N1CCN(CC2CCOC2)CC1.Cl. The second kappa shape index (κ2) is 7.94. The zero-order valence-corrected chi connectivity index (χ0v) is 11.9. The van der Waals surface area contributed by atoms with E-state index in [2.05, 4.69) is 10.2 Å². The van der Waals surface area contributed by atoms with Crippen LogP contribution in [0.3, 0.4) is 0 Å². The Morgan fingerprint density at radius 1 is 1.33 bits per heavy atom. The lowest BCUT2D eigenvalue weighted by molar-refractivity contribution is -0.131. The van der Waals surface area contributed by atoms with Gasteiger partial charge < -0.3 is 15.0 Å². The Balaban J connectivity index is 0.00000162. The predicted molar refractivity (Wildman–Crippen MR) is 73.1 cm³/mol. The second-order valence-corrected chi connectivity index (χ2v) is 4.94. The molecule has 0 bridgehead atoms. The minimum atomic E-state index is 0. The first-order valence-electron chi connectivity index (χ1n) is 6.52. The normalized spacial score (nSPS) is 24.9. The van der Waals surface area contributed by atoms with Crippen LogP contribution in [0.2, 0.25) is 0 Å². The molecule has 2 heterocycles. The van der Waals surface area contributed by atoms with Gasteiger partial charge in [-0.2, -0.15) is 0 Å². The summed E-state index contributed by atoms with van der Waals surface area (Å²) in [5.74, 6) is 0.922. The summed E-state index contributed by atoms with van der Waals surface area (Å²) in [6, 6.07) is 0. The highest BCUT2D eigenvalue weighted by Crippen LogP contribution is 2.15. The molecule has 5 nitrogen and oxygen atoms in total. The molecule has 0 saturated carbocycles. The van der Waals surface area contributed by atoms with E-state index in [-0.39, 0.29) is 18.3 Å². The summed E-state index contributed by atoms with van der Waals surface area (Å²) in [5.41, 5.74) is 0. The van der Waals surface area contributed by atoms with Crippen LogP contribution in [0.5, 0.6) is 0 Å². The third-order valence-electron chi connectivity index (χ3n) is 3.59. The van der Waals surface area contributed by atoms with Crippen LogP contribution in [0.1, 0.15) is 6.42 Å². The highest BCUT2D eigenvalue weighted by molar-refractivity contribution is 5.85. The maximum Gasteiger partial charge on any atom is 0.236 e. The molecule has 6 heteroatoms. The van der Waals surface area contributed by atoms with Crippen molar-refractivity contribution in [2.75, 3.05) is 59.5 Å².